The Morgan fingerprint density at radius 2 is 1.75 bits per heavy atom. The van der Waals surface area contributed by atoms with Crippen molar-refractivity contribution in [2.24, 2.45) is 0 Å². The van der Waals surface area contributed by atoms with E-state index in [2.05, 4.69) is 34.5 Å². The number of rotatable bonds is 6. The van der Waals surface area contributed by atoms with Gasteiger partial charge in [0.25, 0.3) is 0 Å². The van der Waals surface area contributed by atoms with Crippen LogP contribution in [-0.2, 0) is 9.84 Å². The first-order valence-electron chi connectivity index (χ1n) is 7.31. The maximum absolute atomic E-state index is 11.0. The zero-order valence-corrected chi connectivity index (χ0v) is 13.0. The predicted molar refractivity (Wildman–Crippen MR) is 85.3 cm³/mol. The van der Waals surface area contributed by atoms with Crippen LogP contribution in [0.5, 0.6) is 0 Å². The van der Waals surface area contributed by atoms with E-state index in [-0.39, 0.29) is 5.75 Å². The lowest BCUT2D eigenvalue weighted by molar-refractivity contribution is 0.578. The smallest absolute Gasteiger partial charge is 0.147 e. The molecule has 1 N–H and O–H groups in total. The van der Waals surface area contributed by atoms with Crippen molar-refractivity contribution in [3.63, 3.8) is 0 Å². The summed E-state index contributed by atoms with van der Waals surface area (Å²) in [6.45, 7) is 3.00. The minimum atomic E-state index is -2.85. The molecule has 0 radical (unpaired) electrons. The molecule has 1 aliphatic heterocycles. The van der Waals surface area contributed by atoms with Gasteiger partial charge in [0.2, 0.25) is 0 Å². The Labute approximate surface area is 122 Å². The highest BCUT2D eigenvalue weighted by Gasteiger charge is 2.10. The van der Waals surface area contributed by atoms with E-state index in [4.69, 9.17) is 0 Å². The summed E-state index contributed by atoms with van der Waals surface area (Å²) in [5.41, 5.74) is 2.34. The molecule has 1 saturated heterocycles. The molecule has 1 aromatic carbocycles. The van der Waals surface area contributed by atoms with Gasteiger partial charge in [-0.1, -0.05) is 0 Å². The topological polar surface area (TPSA) is 49.4 Å². The van der Waals surface area contributed by atoms with E-state index in [1.807, 2.05) is 0 Å². The van der Waals surface area contributed by atoms with Crippen LogP contribution in [-0.4, -0.2) is 40.1 Å². The first-order chi connectivity index (χ1) is 9.54. The highest BCUT2D eigenvalue weighted by molar-refractivity contribution is 7.90. The van der Waals surface area contributed by atoms with E-state index in [9.17, 15) is 8.42 Å². The van der Waals surface area contributed by atoms with Crippen molar-refractivity contribution in [1.82, 2.24) is 0 Å². The third-order valence-electron chi connectivity index (χ3n) is 3.61. The first-order valence-corrected chi connectivity index (χ1v) is 9.37. The normalized spacial score (nSPS) is 16.1. The van der Waals surface area contributed by atoms with E-state index in [0.717, 1.165) is 18.8 Å². The molecule has 0 amide bonds. The van der Waals surface area contributed by atoms with Crippen molar-refractivity contribution < 1.29 is 8.42 Å². The number of hydrogen-bond donors (Lipinski definition) is 1. The molecule has 0 aromatic heterocycles. The summed E-state index contributed by atoms with van der Waals surface area (Å²) in [6.07, 6.45) is 5.83. The summed E-state index contributed by atoms with van der Waals surface area (Å²) in [4.78, 5) is 2.43. The van der Waals surface area contributed by atoms with Crippen molar-refractivity contribution in [3.8, 4) is 0 Å². The average molecular weight is 296 g/mol. The van der Waals surface area contributed by atoms with Crippen LogP contribution >= 0.6 is 0 Å². The molecule has 2 rings (SSSR count). The lowest BCUT2D eigenvalue weighted by Crippen LogP contribution is -2.29. The molecule has 0 saturated carbocycles. The van der Waals surface area contributed by atoms with Gasteiger partial charge in [0.1, 0.15) is 9.84 Å². The Hall–Kier alpha value is -1.23. The van der Waals surface area contributed by atoms with Gasteiger partial charge in [-0.15, -0.1) is 0 Å². The molecule has 1 aliphatic rings. The van der Waals surface area contributed by atoms with Crippen LogP contribution in [0.3, 0.4) is 0 Å². The fourth-order valence-corrected chi connectivity index (χ4v) is 3.18. The van der Waals surface area contributed by atoms with Crippen molar-refractivity contribution >= 4 is 21.2 Å². The molecule has 1 aromatic rings. The number of sulfone groups is 1. The van der Waals surface area contributed by atoms with Crippen molar-refractivity contribution in [3.05, 3.63) is 24.3 Å². The molecule has 0 atom stereocenters. The van der Waals surface area contributed by atoms with Crippen molar-refractivity contribution in [2.75, 3.05) is 41.9 Å². The third-order valence-corrected chi connectivity index (χ3v) is 4.64. The molecule has 1 fully saturated rings. The zero-order valence-electron chi connectivity index (χ0n) is 12.1. The number of benzene rings is 1. The van der Waals surface area contributed by atoms with Crippen LogP contribution in [0.2, 0.25) is 0 Å². The highest BCUT2D eigenvalue weighted by Crippen LogP contribution is 2.21. The van der Waals surface area contributed by atoms with Gasteiger partial charge in [-0.25, -0.2) is 8.42 Å². The summed E-state index contributed by atoms with van der Waals surface area (Å²) in [5, 5.41) is 3.26. The molecular formula is C15H24N2O2S. The van der Waals surface area contributed by atoms with E-state index < -0.39 is 9.84 Å². The SMILES string of the molecule is CS(=O)(=O)CCCNc1ccc(N2CCCCC2)cc1. The number of nitrogens with one attached hydrogen (secondary N) is 1. The van der Waals surface area contributed by atoms with Gasteiger partial charge in [0.15, 0.2) is 0 Å². The summed E-state index contributed by atoms with van der Waals surface area (Å²) in [6, 6.07) is 8.43. The second kappa shape index (κ2) is 6.97. The minimum Gasteiger partial charge on any atom is -0.385 e. The Balaban J connectivity index is 1.79. The molecular weight excluding hydrogens is 272 g/mol. The van der Waals surface area contributed by atoms with Gasteiger partial charge in [0, 0.05) is 37.3 Å². The van der Waals surface area contributed by atoms with Gasteiger partial charge in [0.05, 0.1) is 5.75 Å². The Bertz CT molecular complexity index is 505. The Morgan fingerprint density at radius 3 is 2.35 bits per heavy atom. The lowest BCUT2D eigenvalue weighted by atomic mass is 10.1. The third kappa shape index (κ3) is 5.04. The number of nitrogens with zero attached hydrogens (tertiary/aromatic N) is 1. The number of anilines is 2. The molecule has 4 nitrogen and oxygen atoms in total. The monoisotopic (exact) mass is 296 g/mol. The van der Waals surface area contributed by atoms with Gasteiger partial charge in [-0.05, 0) is 49.9 Å². The van der Waals surface area contributed by atoms with E-state index in [0.29, 0.717) is 13.0 Å². The van der Waals surface area contributed by atoms with Crippen molar-refractivity contribution in [1.29, 1.82) is 0 Å². The van der Waals surface area contributed by atoms with Crippen LogP contribution in [0.4, 0.5) is 11.4 Å². The molecule has 112 valence electrons. The lowest BCUT2D eigenvalue weighted by Gasteiger charge is -2.28. The maximum Gasteiger partial charge on any atom is 0.147 e. The van der Waals surface area contributed by atoms with Crippen LogP contribution < -0.4 is 10.2 Å². The Morgan fingerprint density at radius 1 is 1.10 bits per heavy atom. The summed E-state index contributed by atoms with van der Waals surface area (Å²) >= 11 is 0. The number of hydrogen-bond acceptors (Lipinski definition) is 4. The quantitative estimate of drug-likeness (QED) is 0.820. The molecule has 0 aliphatic carbocycles. The largest absolute Gasteiger partial charge is 0.385 e. The van der Waals surface area contributed by atoms with Crippen LogP contribution in [0, 0.1) is 0 Å². The standard InChI is InChI=1S/C15H24N2O2S/c1-20(18,19)13-5-10-16-14-6-8-15(9-7-14)17-11-3-2-4-12-17/h6-9,16H,2-5,10-13H2,1H3. The zero-order chi connectivity index (χ0) is 14.4. The summed E-state index contributed by atoms with van der Waals surface area (Å²) in [5.74, 6) is 0.242. The molecule has 1 heterocycles. The second-order valence-corrected chi connectivity index (χ2v) is 7.76. The predicted octanol–water partition coefficient (Wildman–Crippen LogP) is 2.52. The first kappa shape index (κ1) is 15.2. The van der Waals surface area contributed by atoms with Gasteiger partial charge >= 0.3 is 0 Å². The fourth-order valence-electron chi connectivity index (χ4n) is 2.51. The second-order valence-electron chi connectivity index (χ2n) is 5.50. The minimum absolute atomic E-state index is 0.242. The molecule has 5 heteroatoms. The Kier molecular flexibility index (Phi) is 5.29. The van der Waals surface area contributed by atoms with Crippen LogP contribution in [0.25, 0.3) is 0 Å². The summed E-state index contributed by atoms with van der Waals surface area (Å²) in [7, 11) is -2.85. The van der Waals surface area contributed by atoms with Crippen molar-refractivity contribution in [2.45, 2.75) is 25.7 Å². The summed E-state index contributed by atoms with van der Waals surface area (Å²) < 4.78 is 22.1. The maximum atomic E-state index is 11.0. The van der Waals surface area contributed by atoms with Gasteiger partial charge in [-0.3, -0.25) is 0 Å². The molecule has 0 spiro atoms. The van der Waals surface area contributed by atoms with Crippen LogP contribution in [0.15, 0.2) is 24.3 Å². The van der Waals surface area contributed by atoms with E-state index in [1.54, 1.807) is 0 Å². The number of piperidine rings is 1. The fraction of sp³-hybridized carbons (Fsp3) is 0.600. The molecule has 0 unspecified atom stereocenters. The van der Waals surface area contributed by atoms with Crippen LogP contribution in [0.1, 0.15) is 25.7 Å². The average Bonchev–Trinajstić information content (AvgIpc) is 2.44. The van der Waals surface area contributed by atoms with Gasteiger partial charge in [-0.2, -0.15) is 0 Å². The van der Waals surface area contributed by atoms with Gasteiger partial charge < -0.3 is 10.2 Å². The van der Waals surface area contributed by atoms with E-state index in [1.165, 1.54) is 31.2 Å². The van der Waals surface area contributed by atoms with E-state index >= 15 is 0 Å². The molecule has 20 heavy (non-hydrogen) atoms. The highest BCUT2D eigenvalue weighted by atomic mass is 32.2. The molecule has 0 bridgehead atoms.